The van der Waals surface area contributed by atoms with Gasteiger partial charge in [0, 0.05) is 141 Å². The zero-order chi connectivity index (χ0) is 80.3. The zero-order valence-electron chi connectivity index (χ0n) is 66.9. The molecule has 3 aliphatic heterocycles. The minimum Gasteiger partial charge on any atom is -0.494 e. The average molecular weight is 1630 g/mol. The van der Waals surface area contributed by atoms with E-state index in [1.807, 2.05) is 152 Å². The zero-order valence-corrected chi connectivity index (χ0v) is 71.5. The Hall–Kier alpha value is -8.88. The van der Waals surface area contributed by atoms with Crippen LogP contribution in [0.5, 0.6) is 17.2 Å². The van der Waals surface area contributed by atoms with Crippen molar-refractivity contribution in [2.45, 2.75) is 167 Å². The van der Waals surface area contributed by atoms with Crippen LogP contribution in [0.4, 0.5) is 0 Å². The third-order valence-electron chi connectivity index (χ3n) is 22.5. The van der Waals surface area contributed by atoms with Crippen molar-refractivity contribution in [3.63, 3.8) is 0 Å². The highest BCUT2D eigenvalue weighted by atomic mass is 35.5. The molecule has 18 nitrogen and oxygen atoms in total. The van der Waals surface area contributed by atoms with E-state index < -0.39 is 0 Å². The summed E-state index contributed by atoms with van der Waals surface area (Å²) in [5, 5.41) is 30.7. The molecule has 0 aliphatic carbocycles. The number of aryl methyl sites for hydroxylation is 16. The topological polar surface area (TPSA) is 183 Å². The lowest BCUT2D eigenvalue weighted by Gasteiger charge is -2.25. The van der Waals surface area contributed by atoms with Gasteiger partial charge in [-0.25, -0.2) is 0 Å². The van der Waals surface area contributed by atoms with Crippen molar-refractivity contribution in [3.05, 3.63) is 204 Å². The fourth-order valence-electron chi connectivity index (χ4n) is 17.0. The summed E-state index contributed by atoms with van der Waals surface area (Å²) < 4.78 is 30.5. The van der Waals surface area contributed by atoms with Crippen LogP contribution >= 0.6 is 69.6 Å². The molecule has 0 bridgehead atoms. The Morgan fingerprint density at radius 3 is 1.10 bits per heavy atom. The van der Waals surface area contributed by atoms with Crippen LogP contribution in [0.1, 0.15) is 174 Å². The Labute approximate surface area is 685 Å². The number of amides is 3. The lowest BCUT2D eigenvalue weighted by molar-refractivity contribution is 0.0915. The van der Waals surface area contributed by atoms with Crippen LogP contribution in [-0.4, -0.2) is 100 Å². The first-order valence-electron chi connectivity index (χ1n) is 38.5. The Morgan fingerprint density at radius 1 is 0.411 bits per heavy atom. The molecule has 3 aliphatic rings. The molecule has 112 heavy (non-hydrogen) atoms. The van der Waals surface area contributed by atoms with Crippen LogP contribution < -0.4 is 30.2 Å². The molecule has 3 amide bonds. The van der Waals surface area contributed by atoms with E-state index in [9.17, 15) is 14.4 Å². The summed E-state index contributed by atoms with van der Waals surface area (Å²) in [6, 6.07) is 24.0. The van der Waals surface area contributed by atoms with Gasteiger partial charge < -0.3 is 43.9 Å². The molecule has 588 valence electrons. The van der Waals surface area contributed by atoms with Crippen LogP contribution in [0, 0.1) is 83.1 Å². The molecule has 2 atom stereocenters. The number of aromatic nitrogens is 9. The Kier molecular flexibility index (Phi) is 24.1. The molecular formula is C88H98Cl6N12O6. The van der Waals surface area contributed by atoms with Gasteiger partial charge in [0.25, 0.3) is 17.7 Å². The number of fused-ring (bicyclic) bond motifs is 9. The van der Waals surface area contributed by atoms with Gasteiger partial charge in [0.1, 0.15) is 34.3 Å². The number of nitrogens with one attached hydrogen (secondary N) is 3. The summed E-state index contributed by atoms with van der Waals surface area (Å²) in [6.45, 7) is 32.6. The van der Waals surface area contributed by atoms with Gasteiger partial charge >= 0.3 is 0 Å². The number of carbonyl (C=O) groups excluding carboxylic acids is 3. The highest BCUT2D eigenvalue weighted by Crippen LogP contribution is 2.48. The lowest BCUT2D eigenvalue weighted by atomic mass is 9.98. The summed E-state index contributed by atoms with van der Waals surface area (Å²) >= 11 is 39.6. The minimum atomic E-state index is -0.0455. The van der Waals surface area contributed by atoms with E-state index in [1.165, 1.54) is 0 Å². The van der Waals surface area contributed by atoms with Gasteiger partial charge in [-0.2, -0.15) is 15.3 Å². The molecule has 0 spiro atoms. The number of halogens is 6. The maximum atomic E-state index is 13.4. The predicted octanol–water partition coefficient (Wildman–Crippen LogP) is 20.9. The fourth-order valence-corrected chi connectivity index (χ4v) is 18.0. The van der Waals surface area contributed by atoms with Crippen molar-refractivity contribution < 1.29 is 28.6 Å². The highest BCUT2D eigenvalue weighted by molar-refractivity contribution is 6.37. The number of rotatable bonds is 18. The van der Waals surface area contributed by atoms with E-state index in [4.69, 9.17) is 83.8 Å². The molecule has 12 aromatic rings. The molecule has 0 saturated heterocycles. The largest absolute Gasteiger partial charge is 0.494 e. The van der Waals surface area contributed by atoms with E-state index >= 15 is 0 Å². The molecule has 0 saturated carbocycles. The first kappa shape index (κ1) is 81.1. The van der Waals surface area contributed by atoms with Crippen LogP contribution in [0.25, 0.3) is 66.1 Å². The third-order valence-corrected chi connectivity index (χ3v) is 25.3. The SMILES string of the molecule is Cc1cc(OCCCc2c3n(c4c(-c5c(C)nn(C)c5C)c(Cl)ccc24)C(C)CCNC3=O)cc(C)c1Cl.Cc1cc(OCCCc2c3n(c4c(-c5c(C)nn(C)c5C)c(Cl)ccc24)CCCNC3=O)cc(C)c1Cl.Cc1cc(OCCCc2c3n(c4c(-c5c(C)nn(C)c5C)c(Cl)ccc24)[C@H](C)CNC3=O)cc(C)c1Cl. The van der Waals surface area contributed by atoms with Gasteiger partial charge in [0.05, 0.1) is 68.5 Å². The highest BCUT2D eigenvalue weighted by Gasteiger charge is 2.35. The second kappa shape index (κ2) is 33.3. The standard InChI is InChI=1S/C30H34Cl2N4O2.2C29H32Cl2N4O2/c1-16-14-21(15-17(2)27(16)32)38-13-7-8-22-23-9-10-24(31)26(25-19(4)34-35(6)20(25)5)28(23)36-18(3)11-12-33-30(37)29(22)36;1-15-12-20(13-16(2)26(15)31)37-11-7-8-21-22-9-10-23(30)25(24-18(4)33-34(6)19(24)5)27(22)35-17(3)14-32-29(36)28(21)35;1-16-14-20(15-17(2)26(16)31)37-13-6-8-21-22-9-10-23(30)25(24-18(3)33-34(5)19(24)4)27(22)35-12-7-11-32-29(36)28(21)35/h9-10,14-15,18H,7-8,11-13H2,1-6H3,(H,33,37);9-10,12-13,17H,7-8,11,14H2,1-6H3,(H,32,36);9-10,14-15H,6-8,11-13H2,1-5H3,(H,32,36)/t;17-;/m.1./s1. The molecule has 0 fully saturated rings. The quantitative estimate of drug-likeness (QED) is 0.0704. The monoisotopic (exact) mass is 1630 g/mol. The van der Waals surface area contributed by atoms with E-state index in [-0.39, 0.29) is 29.8 Å². The third kappa shape index (κ3) is 15.3. The Bertz CT molecular complexity index is 5680. The predicted molar refractivity (Wildman–Crippen MR) is 456 cm³/mol. The number of hydrogen-bond donors (Lipinski definition) is 3. The van der Waals surface area contributed by atoms with Crippen LogP contribution in [0.3, 0.4) is 0 Å². The van der Waals surface area contributed by atoms with Gasteiger partial charge in [0.2, 0.25) is 0 Å². The summed E-state index contributed by atoms with van der Waals surface area (Å²) in [7, 11) is 5.84. The van der Waals surface area contributed by atoms with Crippen molar-refractivity contribution in [2.75, 3.05) is 39.5 Å². The summed E-state index contributed by atoms with van der Waals surface area (Å²) in [6.07, 6.45) is 6.11. The second-order valence-electron chi connectivity index (χ2n) is 30.4. The first-order chi connectivity index (χ1) is 53.4. The number of nitrogens with zero attached hydrogens (tertiary/aromatic N) is 9. The number of hydrogen-bond acceptors (Lipinski definition) is 9. The fraction of sp³-hybridized carbons (Fsp3) is 0.386. The van der Waals surface area contributed by atoms with E-state index in [0.29, 0.717) is 73.8 Å². The normalized spacial score (nSPS) is 14.8. The molecule has 6 aromatic carbocycles. The van der Waals surface area contributed by atoms with Crippen LogP contribution in [-0.2, 0) is 47.0 Å². The Balaban J connectivity index is 0.000000147. The number of benzene rings is 6. The molecule has 3 N–H and O–H groups in total. The van der Waals surface area contributed by atoms with Crippen molar-refractivity contribution in [1.82, 2.24) is 59.0 Å². The molecule has 6 aromatic heterocycles. The maximum absolute atomic E-state index is 13.4. The molecular weight excluding hydrogens is 1530 g/mol. The van der Waals surface area contributed by atoms with Crippen molar-refractivity contribution in [1.29, 1.82) is 0 Å². The summed E-state index contributed by atoms with van der Waals surface area (Å²) in [5.74, 6) is 2.33. The minimum absolute atomic E-state index is 0.0322. The average Bonchev–Trinajstić information content (AvgIpc) is 1.58. The van der Waals surface area contributed by atoms with Gasteiger partial charge in [-0.05, 0) is 253 Å². The lowest BCUT2D eigenvalue weighted by Crippen LogP contribution is -2.38. The van der Waals surface area contributed by atoms with E-state index in [2.05, 4.69) is 97.8 Å². The molecule has 24 heteroatoms. The van der Waals surface area contributed by atoms with Crippen LogP contribution in [0.15, 0.2) is 72.8 Å². The van der Waals surface area contributed by atoms with Crippen molar-refractivity contribution >= 4 is 120 Å². The molecule has 15 rings (SSSR count). The van der Waals surface area contributed by atoms with Gasteiger partial charge in [-0.3, -0.25) is 28.4 Å². The van der Waals surface area contributed by atoms with Crippen molar-refractivity contribution in [2.24, 2.45) is 21.1 Å². The summed E-state index contributed by atoms with van der Waals surface area (Å²) in [5.41, 5.74) is 26.1. The van der Waals surface area contributed by atoms with Gasteiger partial charge in [-0.15, -0.1) is 0 Å². The molecule has 1 unspecified atom stereocenters. The summed E-state index contributed by atoms with van der Waals surface area (Å²) in [4.78, 5) is 40.0. The van der Waals surface area contributed by atoms with Gasteiger partial charge in [0.15, 0.2) is 0 Å². The first-order valence-corrected chi connectivity index (χ1v) is 40.7. The number of carbonyl (C=O) groups is 3. The number of ether oxygens (including phenoxy) is 3. The smallest absolute Gasteiger partial charge is 0.268 e. The van der Waals surface area contributed by atoms with Crippen LogP contribution in [0.2, 0.25) is 30.1 Å². The maximum Gasteiger partial charge on any atom is 0.268 e. The van der Waals surface area contributed by atoms with E-state index in [0.717, 1.165) is 238 Å². The second-order valence-corrected chi connectivity index (χ2v) is 32.7. The van der Waals surface area contributed by atoms with Gasteiger partial charge in [-0.1, -0.05) is 87.8 Å². The Morgan fingerprint density at radius 2 is 0.732 bits per heavy atom. The van der Waals surface area contributed by atoms with E-state index in [1.54, 1.807) is 0 Å². The molecule has 9 heterocycles. The molecule has 0 radical (unpaired) electrons. The van der Waals surface area contributed by atoms with Crippen molar-refractivity contribution in [3.8, 4) is 50.6 Å².